The fourth-order valence-corrected chi connectivity index (χ4v) is 4.06. The number of hydrogen-bond acceptors (Lipinski definition) is 6. The van der Waals surface area contributed by atoms with Crippen LogP contribution in [0.4, 0.5) is 9.59 Å². The third-order valence-electron chi connectivity index (χ3n) is 5.70. The highest BCUT2D eigenvalue weighted by molar-refractivity contribution is 5.68. The lowest BCUT2D eigenvalue weighted by Crippen LogP contribution is -2.51. The van der Waals surface area contributed by atoms with Crippen molar-refractivity contribution >= 4 is 12.2 Å². The molecule has 2 aliphatic rings. The number of carbonyl (C=O) groups is 2. The number of carbonyl (C=O) groups excluding carboxylic acids is 2. The quantitative estimate of drug-likeness (QED) is 0.513. The van der Waals surface area contributed by atoms with E-state index in [-0.39, 0.29) is 24.3 Å². The van der Waals surface area contributed by atoms with Crippen LogP contribution in [0.25, 0.3) is 0 Å². The first kappa shape index (κ1) is 28.5. The van der Waals surface area contributed by atoms with Gasteiger partial charge in [-0.2, -0.15) is 0 Å². The van der Waals surface area contributed by atoms with Gasteiger partial charge in [-0.25, -0.2) is 9.59 Å². The summed E-state index contributed by atoms with van der Waals surface area (Å²) in [6.45, 7) is 19.4. The molecule has 0 spiro atoms. The Morgan fingerprint density at radius 3 is 1.38 bits per heavy atom. The molecule has 4 N–H and O–H groups in total. The van der Waals surface area contributed by atoms with Crippen LogP contribution in [0.15, 0.2) is 0 Å². The van der Waals surface area contributed by atoms with Crippen LogP contribution in [0.5, 0.6) is 0 Å². The number of nitrogens with one attached hydrogen (secondary N) is 4. The minimum Gasteiger partial charge on any atom is -0.444 e. The Labute approximate surface area is 195 Å². The summed E-state index contributed by atoms with van der Waals surface area (Å²) in [5.74, 6) is 1.13. The molecule has 8 heteroatoms. The van der Waals surface area contributed by atoms with Gasteiger partial charge in [0.1, 0.15) is 11.2 Å². The van der Waals surface area contributed by atoms with Crippen LogP contribution in [0, 0.1) is 11.8 Å². The monoisotopic (exact) mass is 456 g/mol. The molecule has 2 heterocycles. The Kier molecular flexibility index (Phi) is 11.8. The number of ether oxygens (including phenoxy) is 2. The Balaban J connectivity index is 0.000000320. The van der Waals surface area contributed by atoms with E-state index in [1.54, 1.807) is 0 Å². The number of hydrogen-bond donors (Lipinski definition) is 4. The summed E-state index contributed by atoms with van der Waals surface area (Å²) < 4.78 is 10.5. The summed E-state index contributed by atoms with van der Waals surface area (Å²) in [6, 6.07) is 0.405. The average Bonchev–Trinajstić information content (AvgIpc) is 2.66. The van der Waals surface area contributed by atoms with E-state index in [4.69, 9.17) is 9.47 Å². The molecule has 2 saturated heterocycles. The van der Waals surface area contributed by atoms with Crippen molar-refractivity contribution in [3.05, 3.63) is 0 Å². The Bertz CT molecular complexity index is 521. The molecule has 2 rings (SSSR count). The molecule has 0 aromatic heterocycles. The second-order valence-electron chi connectivity index (χ2n) is 10.8. The molecule has 0 saturated carbocycles. The molecule has 0 aliphatic carbocycles. The van der Waals surface area contributed by atoms with Gasteiger partial charge in [-0.05, 0) is 79.3 Å². The SMILES string of the molecule is CC[C@@H]1CCNC[C@@H]1NC(=O)OC(C)(C)C.CC[C@H]1CCNC[C@H]1NC(=O)OC(C)(C)C. The predicted octanol–water partition coefficient (Wildman–Crippen LogP) is 3.80. The lowest BCUT2D eigenvalue weighted by molar-refractivity contribution is 0.0462. The number of rotatable bonds is 4. The molecule has 0 radical (unpaired) electrons. The third kappa shape index (κ3) is 11.9. The fourth-order valence-electron chi connectivity index (χ4n) is 4.06. The first-order valence-corrected chi connectivity index (χ1v) is 12.2. The standard InChI is InChI=1S/2C12H24N2O2/c2*1-5-9-6-7-13-8-10(9)14-11(15)16-12(2,3)4/h2*9-10,13H,5-8H2,1-4H3,(H,14,15)/t2*9-,10+/m10/s1. The van der Waals surface area contributed by atoms with E-state index < -0.39 is 11.2 Å². The van der Waals surface area contributed by atoms with Crippen LogP contribution in [-0.2, 0) is 9.47 Å². The minimum absolute atomic E-state index is 0.202. The van der Waals surface area contributed by atoms with Crippen molar-refractivity contribution in [2.45, 2.75) is 104 Å². The summed E-state index contributed by atoms with van der Waals surface area (Å²) in [7, 11) is 0. The average molecular weight is 457 g/mol. The second kappa shape index (κ2) is 13.2. The molecular formula is C24H48N4O4. The maximum Gasteiger partial charge on any atom is 0.407 e. The lowest BCUT2D eigenvalue weighted by atomic mass is 9.90. The van der Waals surface area contributed by atoms with E-state index in [1.807, 2.05) is 41.5 Å². The van der Waals surface area contributed by atoms with Crippen LogP contribution in [0.3, 0.4) is 0 Å². The van der Waals surface area contributed by atoms with Gasteiger partial charge < -0.3 is 30.7 Å². The number of piperidine rings is 2. The Morgan fingerprint density at radius 1 is 0.750 bits per heavy atom. The van der Waals surface area contributed by atoms with Crippen LogP contribution < -0.4 is 21.3 Å². The first-order chi connectivity index (χ1) is 14.8. The topological polar surface area (TPSA) is 101 Å². The summed E-state index contributed by atoms with van der Waals surface area (Å²) >= 11 is 0. The Hall–Kier alpha value is -1.54. The molecule has 2 fully saturated rings. The predicted molar refractivity (Wildman–Crippen MR) is 129 cm³/mol. The van der Waals surface area contributed by atoms with Crippen LogP contribution in [-0.4, -0.2) is 61.7 Å². The fraction of sp³-hybridized carbons (Fsp3) is 0.917. The molecule has 188 valence electrons. The van der Waals surface area contributed by atoms with E-state index in [1.165, 1.54) is 0 Å². The zero-order valence-electron chi connectivity index (χ0n) is 21.6. The molecule has 4 atom stereocenters. The van der Waals surface area contributed by atoms with Gasteiger partial charge in [0.25, 0.3) is 0 Å². The highest BCUT2D eigenvalue weighted by Crippen LogP contribution is 2.18. The number of amides is 2. The van der Waals surface area contributed by atoms with Crippen LogP contribution in [0.1, 0.15) is 81.1 Å². The second-order valence-corrected chi connectivity index (χ2v) is 10.8. The summed E-state index contributed by atoms with van der Waals surface area (Å²) in [5.41, 5.74) is -0.845. The van der Waals surface area contributed by atoms with Crippen molar-refractivity contribution in [1.29, 1.82) is 0 Å². The van der Waals surface area contributed by atoms with Crippen molar-refractivity contribution in [3.63, 3.8) is 0 Å². The molecule has 2 aliphatic heterocycles. The molecule has 8 nitrogen and oxygen atoms in total. The smallest absolute Gasteiger partial charge is 0.407 e. The molecule has 0 bridgehead atoms. The molecule has 2 amide bonds. The first-order valence-electron chi connectivity index (χ1n) is 12.2. The molecule has 0 aromatic carbocycles. The largest absolute Gasteiger partial charge is 0.444 e. The summed E-state index contributed by atoms with van der Waals surface area (Å²) in [6.07, 6.45) is 3.83. The van der Waals surface area contributed by atoms with E-state index in [0.29, 0.717) is 11.8 Å². The normalized spacial score (nSPS) is 26.2. The van der Waals surface area contributed by atoms with Gasteiger partial charge in [-0.15, -0.1) is 0 Å². The maximum atomic E-state index is 11.6. The molecule has 32 heavy (non-hydrogen) atoms. The molecule has 0 unspecified atom stereocenters. The van der Waals surface area contributed by atoms with Crippen molar-refractivity contribution in [1.82, 2.24) is 21.3 Å². The summed E-state index contributed by atoms with van der Waals surface area (Å²) in [5, 5.41) is 12.5. The minimum atomic E-state index is -0.423. The van der Waals surface area contributed by atoms with Crippen molar-refractivity contribution < 1.29 is 19.1 Å². The highest BCUT2D eigenvalue weighted by atomic mass is 16.6. The van der Waals surface area contributed by atoms with Gasteiger partial charge in [0.15, 0.2) is 0 Å². The van der Waals surface area contributed by atoms with Gasteiger partial charge in [-0.1, -0.05) is 26.7 Å². The zero-order valence-corrected chi connectivity index (χ0v) is 21.6. The van der Waals surface area contributed by atoms with E-state index >= 15 is 0 Å². The highest BCUT2D eigenvalue weighted by Gasteiger charge is 2.28. The Morgan fingerprint density at radius 2 is 1.09 bits per heavy atom. The van der Waals surface area contributed by atoms with Gasteiger partial charge in [-0.3, -0.25) is 0 Å². The van der Waals surface area contributed by atoms with Gasteiger partial charge in [0, 0.05) is 25.2 Å². The van der Waals surface area contributed by atoms with Crippen LogP contribution in [0.2, 0.25) is 0 Å². The van der Waals surface area contributed by atoms with Gasteiger partial charge in [0.05, 0.1) is 0 Å². The molecular weight excluding hydrogens is 408 g/mol. The van der Waals surface area contributed by atoms with E-state index in [2.05, 4.69) is 35.1 Å². The lowest BCUT2D eigenvalue weighted by Gasteiger charge is -2.32. The van der Waals surface area contributed by atoms with Gasteiger partial charge >= 0.3 is 12.2 Å². The maximum absolute atomic E-state index is 11.6. The molecule has 0 aromatic rings. The third-order valence-corrected chi connectivity index (χ3v) is 5.70. The summed E-state index contributed by atoms with van der Waals surface area (Å²) in [4.78, 5) is 23.3. The zero-order chi connectivity index (χ0) is 24.4. The van der Waals surface area contributed by atoms with Crippen molar-refractivity contribution in [2.24, 2.45) is 11.8 Å². The van der Waals surface area contributed by atoms with Crippen LogP contribution >= 0.6 is 0 Å². The van der Waals surface area contributed by atoms with Crippen molar-refractivity contribution in [2.75, 3.05) is 26.2 Å². The van der Waals surface area contributed by atoms with E-state index in [9.17, 15) is 9.59 Å². The van der Waals surface area contributed by atoms with E-state index in [0.717, 1.165) is 51.9 Å². The van der Waals surface area contributed by atoms with Gasteiger partial charge in [0.2, 0.25) is 0 Å². The van der Waals surface area contributed by atoms with Crippen molar-refractivity contribution in [3.8, 4) is 0 Å². The number of alkyl carbamates (subject to hydrolysis) is 2.